The number of carbonyl (C=O) groups is 1. The number of hydrogen-bond donors (Lipinski definition) is 4. The standard InChI is InChI=1S/C22H32N2O8S/c25-15-22(4-5-22)33(29,30)19-3-1-2-18(10-19)31-14-17(26)12-24(20(27)28)16-11-21(32-13-16)6-8-23-9-7-21/h1-3,10,16-17,23,25-26H,4-9,11-15H2,(H,27,28)/t16-,17+/m1/s1. The zero-order valence-corrected chi connectivity index (χ0v) is 19.3. The molecule has 11 heteroatoms. The maximum atomic E-state index is 12.8. The highest BCUT2D eigenvalue weighted by molar-refractivity contribution is 7.93. The number of nitrogens with zero attached hydrogens (tertiary/aromatic N) is 1. The Balaban J connectivity index is 1.35. The Morgan fingerprint density at radius 2 is 2.00 bits per heavy atom. The molecule has 1 amide bonds. The number of carboxylic acid groups (broad SMARTS) is 1. The second kappa shape index (κ2) is 9.38. The maximum Gasteiger partial charge on any atom is 0.407 e. The summed E-state index contributed by atoms with van der Waals surface area (Å²) < 4.78 is 36.0. The molecule has 3 aliphatic rings. The molecule has 1 spiro atoms. The van der Waals surface area contributed by atoms with E-state index in [4.69, 9.17) is 9.47 Å². The van der Waals surface area contributed by atoms with Crippen LogP contribution in [-0.2, 0) is 14.6 Å². The third kappa shape index (κ3) is 4.97. The molecular formula is C22H32N2O8S. The molecule has 1 aliphatic carbocycles. The third-order valence-electron chi connectivity index (χ3n) is 7.02. The number of aliphatic hydroxyl groups is 2. The van der Waals surface area contributed by atoms with Crippen molar-refractivity contribution in [1.82, 2.24) is 10.2 Å². The predicted octanol–water partition coefficient (Wildman–Crippen LogP) is 0.616. The van der Waals surface area contributed by atoms with Crippen LogP contribution in [0, 0.1) is 0 Å². The van der Waals surface area contributed by atoms with Crippen LogP contribution in [0.3, 0.4) is 0 Å². The van der Waals surface area contributed by atoms with Crippen molar-refractivity contribution < 1.29 is 38.0 Å². The molecule has 0 radical (unpaired) electrons. The first-order chi connectivity index (χ1) is 15.7. The largest absolute Gasteiger partial charge is 0.491 e. The number of nitrogens with one attached hydrogen (secondary N) is 1. The first kappa shape index (κ1) is 24.2. The van der Waals surface area contributed by atoms with Crippen LogP contribution in [0.2, 0.25) is 0 Å². The average molecular weight is 485 g/mol. The number of sulfone groups is 1. The maximum absolute atomic E-state index is 12.8. The van der Waals surface area contributed by atoms with E-state index in [0.29, 0.717) is 25.9 Å². The molecule has 0 aromatic heterocycles. The quantitative estimate of drug-likeness (QED) is 0.396. The number of ether oxygens (including phenoxy) is 2. The predicted molar refractivity (Wildman–Crippen MR) is 118 cm³/mol. The van der Waals surface area contributed by atoms with Gasteiger partial charge in [0.2, 0.25) is 0 Å². The van der Waals surface area contributed by atoms with Gasteiger partial charge in [0.1, 0.15) is 18.5 Å². The lowest BCUT2D eigenvalue weighted by atomic mass is 9.88. The molecule has 184 valence electrons. The summed E-state index contributed by atoms with van der Waals surface area (Å²) in [4.78, 5) is 13.1. The number of benzene rings is 1. The molecule has 10 nitrogen and oxygen atoms in total. The molecule has 2 heterocycles. The SMILES string of the molecule is O=C(O)N(C[C@H](O)COc1cccc(S(=O)(=O)C2(CO)CC2)c1)[C@H]1COC2(CCNCC2)C1. The molecule has 33 heavy (non-hydrogen) atoms. The van der Waals surface area contributed by atoms with E-state index in [1.54, 1.807) is 12.1 Å². The van der Waals surface area contributed by atoms with Crippen molar-refractivity contribution >= 4 is 15.9 Å². The molecule has 1 aromatic rings. The van der Waals surface area contributed by atoms with Gasteiger partial charge in [-0.1, -0.05) is 6.07 Å². The van der Waals surface area contributed by atoms with Gasteiger partial charge >= 0.3 is 6.09 Å². The van der Waals surface area contributed by atoms with Crippen LogP contribution in [0.25, 0.3) is 0 Å². The molecular weight excluding hydrogens is 452 g/mol. The minimum Gasteiger partial charge on any atom is -0.491 e. The Kier molecular flexibility index (Phi) is 6.88. The van der Waals surface area contributed by atoms with Crippen molar-refractivity contribution in [3.05, 3.63) is 24.3 Å². The molecule has 4 N–H and O–H groups in total. The van der Waals surface area contributed by atoms with Crippen LogP contribution in [-0.4, -0.2) is 96.7 Å². The normalized spacial score (nSPS) is 24.4. The fraction of sp³-hybridized carbons (Fsp3) is 0.682. The minimum atomic E-state index is -3.69. The number of hydrogen-bond acceptors (Lipinski definition) is 8. The van der Waals surface area contributed by atoms with Crippen molar-refractivity contribution in [3.8, 4) is 5.75 Å². The summed E-state index contributed by atoms with van der Waals surface area (Å²) >= 11 is 0. The summed E-state index contributed by atoms with van der Waals surface area (Å²) in [5.41, 5.74) is -0.301. The number of amides is 1. The smallest absolute Gasteiger partial charge is 0.407 e. The molecule has 4 rings (SSSR count). The Hall–Kier alpha value is -1.92. The minimum absolute atomic E-state index is 0.0589. The van der Waals surface area contributed by atoms with Crippen LogP contribution in [0.5, 0.6) is 5.75 Å². The molecule has 0 unspecified atom stereocenters. The van der Waals surface area contributed by atoms with Gasteiger partial charge in [0, 0.05) is 0 Å². The van der Waals surface area contributed by atoms with Crippen LogP contribution >= 0.6 is 0 Å². The van der Waals surface area contributed by atoms with Crippen molar-refractivity contribution in [2.24, 2.45) is 0 Å². The van der Waals surface area contributed by atoms with E-state index in [0.717, 1.165) is 25.9 Å². The number of aliphatic hydroxyl groups excluding tert-OH is 2. The van der Waals surface area contributed by atoms with Crippen molar-refractivity contribution in [2.45, 2.75) is 59.5 Å². The number of piperidine rings is 1. The van der Waals surface area contributed by atoms with Gasteiger partial charge in [-0.15, -0.1) is 0 Å². The van der Waals surface area contributed by atoms with E-state index in [-0.39, 0.29) is 35.4 Å². The third-order valence-corrected chi connectivity index (χ3v) is 9.57. The summed E-state index contributed by atoms with van der Waals surface area (Å²) in [5.74, 6) is 0.253. The van der Waals surface area contributed by atoms with Gasteiger partial charge in [-0.25, -0.2) is 13.2 Å². The fourth-order valence-corrected chi connectivity index (χ4v) is 6.58. The van der Waals surface area contributed by atoms with Gasteiger partial charge in [-0.2, -0.15) is 0 Å². The Labute approximate surface area is 193 Å². The van der Waals surface area contributed by atoms with E-state index in [9.17, 15) is 28.5 Å². The Morgan fingerprint density at radius 3 is 2.64 bits per heavy atom. The molecule has 3 fully saturated rings. The molecule has 0 bridgehead atoms. The Bertz CT molecular complexity index is 959. The van der Waals surface area contributed by atoms with E-state index in [1.807, 2.05) is 0 Å². The fourth-order valence-electron chi connectivity index (χ4n) is 4.74. The van der Waals surface area contributed by atoms with Gasteiger partial charge in [-0.3, -0.25) is 0 Å². The first-order valence-corrected chi connectivity index (χ1v) is 12.8. The lowest BCUT2D eigenvalue weighted by Crippen LogP contribution is -2.47. The summed E-state index contributed by atoms with van der Waals surface area (Å²) in [6, 6.07) is 5.61. The van der Waals surface area contributed by atoms with Crippen molar-refractivity contribution in [1.29, 1.82) is 0 Å². The molecule has 2 atom stereocenters. The lowest BCUT2D eigenvalue weighted by molar-refractivity contribution is -0.0205. The summed E-state index contributed by atoms with van der Waals surface area (Å²) in [6.07, 6.45) is 0.880. The monoisotopic (exact) mass is 484 g/mol. The van der Waals surface area contributed by atoms with Gasteiger partial charge in [-0.05, 0) is 63.4 Å². The first-order valence-electron chi connectivity index (χ1n) is 11.3. The van der Waals surface area contributed by atoms with Crippen molar-refractivity contribution in [2.75, 3.05) is 39.5 Å². The summed E-state index contributed by atoms with van der Waals surface area (Å²) in [5, 5.41) is 32.9. The number of rotatable bonds is 9. The van der Waals surface area contributed by atoms with Gasteiger partial charge < -0.3 is 35.0 Å². The van der Waals surface area contributed by atoms with Gasteiger partial charge in [0.15, 0.2) is 9.84 Å². The molecule has 1 aromatic carbocycles. The highest BCUT2D eigenvalue weighted by atomic mass is 32.2. The topological polar surface area (TPSA) is 146 Å². The van der Waals surface area contributed by atoms with Crippen LogP contribution in [0.1, 0.15) is 32.1 Å². The van der Waals surface area contributed by atoms with E-state index < -0.39 is 33.4 Å². The zero-order chi connectivity index (χ0) is 23.7. The van der Waals surface area contributed by atoms with E-state index >= 15 is 0 Å². The zero-order valence-electron chi connectivity index (χ0n) is 18.5. The summed E-state index contributed by atoms with van der Waals surface area (Å²) in [7, 11) is -3.69. The summed E-state index contributed by atoms with van der Waals surface area (Å²) in [6.45, 7) is 1.22. The van der Waals surface area contributed by atoms with Crippen LogP contribution in [0.4, 0.5) is 4.79 Å². The highest BCUT2D eigenvalue weighted by Crippen LogP contribution is 2.46. The Morgan fingerprint density at radius 1 is 1.27 bits per heavy atom. The van der Waals surface area contributed by atoms with Gasteiger partial charge in [0.05, 0.1) is 41.0 Å². The second-order valence-electron chi connectivity index (χ2n) is 9.32. The van der Waals surface area contributed by atoms with Crippen LogP contribution in [0.15, 0.2) is 29.2 Å². The second-order valence-corrected chi connectivity index (χ2v) is 11.7. The van der Waals surface area contributed by atoms with Crippen molar-refractivity contribution in [3.63, 3.8) is 0 Å². The van der Waals surface area contributed by atoms with E-state index in [2.05, 4.69) is 5.32 Å². The molecule has 2 aliphatic heterocycles. The molecule has 1 saturated carbocycles. The van der Waals surface area contributed by atoms with Gasteiger partial charge in [0.25, 0.3) is 0 Å². The van der Waals surface area contributed by atoms with E-state index in [1.165, 1.54) is 17.0 Å². The van der Waals surface area contributed by atoms with Crippen LogP contribution < -0.4 is 10.1 Å². The molecule has 2 saturated heterocycles. The average Bonchev–Trinajstić information content (AvgIpc) is 3.53. The lowest BCUT2D eigenvalue weighted by Gasteiger charge is -2.34. The highest BCUT2D eigenvalue weighted by Gasteiger charge is 2.54.